The molecular formula is C17H31N5O. The number of aromatic nitrogens is 2. The first kappa shape index (κ1) is 17.8. The molecule has 130 valence electrons. The second kappa shape index (κ2) is 9.55. The standard InChI is InChI=1S/C17H31N5O/c1-15-13-20-22(14-15)9-4-8-19-17(18-2)21(3)10-5-16-6-11-23-12-7-16/h13-14,16H,4-12H2,1-3H3,(H,18,19). The van der Waals surface area contributed by atoms with Gasteiger partial charge in [-0.1, -0.05) is 0 Å². The van der Waals surface area contributed by atoms with Crippen molar-refractivity contribution in [1.29, 1.82) is 0 Å². The molecular weight excluding hydrogens is 290 g/mol. The molecule has 1 aromatic rings. The summed E-state index contributed by atoms with van der Waals surface area (Å²) in [6.45, 7) is 6.80. The molecule has 0 amide bonds. The summed E-state index contributed by atoms with van der Waals surface area (Å²) in [5, 5.41) is 7.75. The van der Waals surface area contributed by atoms with Crippen molar-refractivity contribution in [3.05, 3.63) is 18.0 Å². The molecule has 0 saturated carbocycles. The Hall–Kier alpha value is -1.56. The van der Waals surface area contributed by atoms with Gasteiger partial charge >= 0.3 is 0 Å². The van der Waals surface area contributed by atoms with Crippen LogP contribution in [0.4, 0.5) is 0 Å². The van der Waals surface area contributed by atoms with Crippen molar-refractivity contribution < 1.29 is 4.74 Å². The molecule has 1 fully saturated rings. The van der Waals surface area contributed by atoms with Gasteiger partial charge in [0, 0.05) is 53.1 Å². The highest BCUT2D eigenvalue weighted by Gasteiger charge is 2.15. The maximum atomic E-state index is 5.42. The molecule has 0 aliphatic carbocycles. The van der Waals surface area contributed by atoms with E-state index in [0.717, 1.165) is 51.1 Å². The van der Waals surface area contributed by atoms with E-state index in [1.165, 1.54) is 24.8 Å². The molecule has 0 atom stereocenters. The lowest BCUT2D eigenvalue weighted by Crippen LogP contribution is -2.40. The van der Waals surface area contributed by atoms with Gasteiger partial charge in [-0.3, -0.25) is 9.67 Å². The summed E-state index contributed by atoms with van der Waals surface area (Å²) in [6, 6.07) is 0. The van der Waals surface area contributed by atoms with Gasteiger partial charge in [-0.15, -0.1) is 0 Å². The van der Waals surface area contributed by atoms with E-state index in [9.17, 15) is 0 Å². The van der Waals surface area contributed by atoms with E-state index in [1.54, 1.807) is 0 Å². The number of aliphatic imine (C=N–C) groups is 1. The van der Waals surface area contributed by atoms with Crippen molar-refractivity contribution in [2.75, 3.05) is 40.4 Å². The largest absolute Gasteiger partial charge is 0.381 e. The van der Waals surface area contributed by atoms with Crippen LogP contribution in [0, 0.1) is 12.8 Å². The van der Waals surface area contributed by atoms with Crippen molar-refractivity contribution in [1.82, 2.24) is 20.0 Å². The maximum Gasteiger partial charge on any atom is 0.193 e. The third-order valence-electron chi connectivity index (χ3n) is 4.40. The van der Waals surface area contributed by atoms with Crippen molar-refractivity contribution >= 4 is 5.96 Å². The van der Waals surface area contributed by atoms with E-state index in [1.807, 2.05) is 17.9 Å². The van der Waals surface area contributed by atoms with Crippen LogP contribution in [-0.4, -0.2) is 61.0 Å². The number of hydrogen-bond donors (Lipinski definition) is 1. The number of hydrogen-bond acceptors (Lipinski definition) is 3. The van der Waals surface area contributed by atoms with Gasteiger partial charge < -0.3 is 15.0 Å². The minimum atomic E-state index is 0.798. The zero-order valence-electron chi connectivity index (χ0n) is 14.8. The fourth-order valence-corrected chi connectivity index (χ4v) is 2.93. The third kappa shape index (κ3) is 6.22. The predicted octanol–water partition coefficient (Wildman–Crippen LogP) is 1.91. The molecule has 23 heavy (non-hydrogen) atoms. The Labute approximate surface area is 139 Å². The van der Waals surface area contributed by atoms with E-state index in [4.69, 9.17) is 4.74 Å². The summed E-state index contributed by atoms with van der Waals surface area (Å²) >= 11 is 0. The van der Waals surface area contributed by atoms with Crippen molar-refractivity contribution in [2.24, 2.45) is 10.9 Å². The van der Waals surface area contributed by atoms with Crippen molar-refractivity contribution in [3.8, 4) is 0 Å². The zero-order valence-corrected chi connectivity index (χ0v) is 14.8. The second-order valence-corrected chi connectivity index (χ2v) is 6.37. The highest BCUT2D eigenvalue weighted by Crippen LogP contribution is 2.18. The summed E-state index contributed by atoms with van der Waals surface area (Å²) in [6.07, 6.45) is 8.62. The Kier molecular flexibility index (Phi) is 7.39. The normalized spacial score (nSPS) is 16.6. The Balaban J connectivity index is 1.63. The van der Waals surface area contributed by atoms with Crippen molar-refractivity contribution in [2.45, 2.75) is 39.2 Å². The molecule has 0 radical (unpaired) electrons. The SMILES string of the molecule is CN=C(NCCCn1cc(C)cn1)N(C)CCC1CCOCC1. The third-order valence-corrected chi connectivity index (χ3v) is 4.40. The van der Waals surface area contributed by atoms with Crippen molar-refractivity contribution in [3.63, 3.8) is 0 Å². The van der Waals surface area contributed by atoms with Crippen LogP contribution in [0.5, 0.6) is 0 Å². The molecule has 2 heterocycles. The van der Waals surface area contributed by atoms with Crippen LogP contribution >= 0.6 is 0 Å². The Morgan fingerprint density at radius 1 is 1.48 bits per heavy atom. The van der Waals surface area contributed by atoms with Gasteiger partial charge in [0.25, 0.3) is 0 Å². The first-order chi connectivity index (χ1) is 11.2. The highest BCUT2D eigenvalue weighted by molar-refractivity contribution is 5.79. The van der Waals surface area contributed by atoms with Crippen LogP contribution in [0.25, 0.3) is 0 Å². The molecule has 0 spiro atoms. The number of rotatable bonds is 7. The summed E-state index contributed by atoms with van der Waals surface area (Å²) in [7, 11) is 3.97. The molecule has 1 aliphatic heterocycles. The molecule has 2 rings (SSSR count). The van der Waals surface area contributed by atoms with Crippen LogP contribution < -0.4 is 5.32 Å². The van der Waals surface area contributed by atoms with Crippen LogP contribution in [0.15, 0.2) is 17.4 Å². The predicted molar refractivity (Wildman–Crippen MR) is 93.7 cm³/mol. The first-order valence-electron chi connectivity index (χ1n) is 8.67. The molecule has 1 aliphatic rings. The molecule has 6 nitrogen and oxygen atoms in total. The average Bonchev–Trinajstić information content (AvgIpc) is 2.99. The quantitative estimate of drug-likeness (QED) is 0.473. The van der Waals surface area contributed by atoms with E-state index in [-0.39, 0.29) is 0 Å². The molecule has 1 N–H and O–H groups in total. The maximum absolute atomic E-state index is 5.42. The molecule has 0 aromatic carbocycles. The van der Waals surface area contributed by atoms with E-state index in [2.05, 4.69) is 40.5 Å². The Morgan fingerprint density at radius 3 is 2.91 bits per heavy atom. The lowest BCUT2D eigenvalue weighted by molar-refractivity contribution is 0.0625. The average molecular weight is 321 g/mol. The second-order valence-electron chi connectivity index (χ2n) is 6.37. The molecule has 0 bridgehead atoms. The minimum absolute atomic E-state index is 0.798. The lowest BCUT2D eigenvalue weighted by atomic mass is 9.96. The fraction of sp³-hybridized carbons (Fsp3) is 0.765. The van der Waals surface area contributed by atoms with Gasteiger partial charge in [-0.05, 0) is 44.1 Å². The molecule has 1 saturated heterocycles. The summed E-state index contributed by atoms with van der Waals surface area (Å²) in [4.78, 5) is 6.61. The van der Waals surface area contributed by atoms with E-state index >= 15 is 0 Å². The molecule has 1 aromatic heterocycles. The van der Waals surface area contributed by atoms with Gasteiger partial charge in [-0.25, -0.2) is 0 Å². The van der Waals surface area contributed by atoms with Crippen LogP contribution in [0.3, 0.4) is 0 Å². The minimum Gasteiger partial charge on any atom is -0.381 e. The number of nitrogens with zero attached hydrogens (tertiary/aromatic N) is 4. The van der Waals surface area contributed by atoms with E-state index < -0.39 is 0 Å². The Bertz CT molecular complexity index is 479. The first-order valence-corrected chi connectivity index (χ1v) is 8.67. The monoisotopic (exact) mass is 321 g/mol. The van der Waals surface area contributed by atoms with Crippen LogP contribution in [-0.2, 0) is 11.3 Å². The molecule has 0 unspecified atom stereocenters. The van der Waals surface area contributed by atoms with Gasteiger partial charge in [-0.2, -0.15) is 5.10 Å². The molecule has 6 heteroatoms. The summed E-state index contributed by atoms with van der Waals surface area (Å²) in [5.74, 6) is 1.78. The smallest absolute Gasteiger partial charge is 0.193 e. The summed E-state index contributed by atoms with van der Waals surface area (Å²) in [5.41, 5.74) is 1.21. The topological polar surface area (TPSA) is 54.7 Å². The summed E-state index contributed by atoms with van der Waals surface area (Å²) < 4.78 is 7.42. The van der Waals surface area contributed by atoms with Gasteiger partial charge in [0.2, 0.25) is 0 Å². The number of guanidine groups is 1. The Morgan fingerprint density at radius 2 is 2.26 bits per heavy atom. The van der Waals surface area contributed by atoms with Gasteiger partial charge in [0.05, 0.1) is 6.20 Å². The number of nitrogens with one attached hydrogen (secondary N) is 1. The van der Waals surface area contributed by atoms with Gasteiger partial charge in [0.1, 0.15) is 0 Å². The van der Waals surface area contributed by atoms with Gasteiger partial charge in [0.15, 0.2) is 5.96 Å². The fourth-order valence-electron chi connectivity index (χ4n) is 2.93. The number of ether oxygens (including phenoxy) is 1. The number of aryl methyl sites for hydroxylation is 2. The van der Waals surface area contributed by atoms with Crippen LogP contribution in [0.1, 0.15) is 31.2 Å². The lowest BCUT2D eigenvalue weighted by Gasteiger charge is -2.26. The highest BCUT2D eigenvalue weighted by atomic mass is 16.5. The van der Waals surface area contributed by atoms with E-state index in [0.29, 0.717) is 0 Å². The van der Waals surface area contributed by atoms with Crippen LogP contribution in [0.2, 0.25) is 0 Å². The zero-order chi connectivity index (χ0) is 16.5.